The van der Waals surface area contributed by atoms with Crippen LogP contribution in [0.1, 0.15) is 41.6 Å². The van der Waals surface area contributed by atoms with Crippen molar-refractivity contribution >= 4 is 22.6 Å². The number of piperazine rings is 1. The van der Waals surface area contributed by atoms with Gasteiger partial charge in [0.1, 0.15) is 17.5 Å². The quantitative estimate of drug-likeness (QED) is 0.410. The van der Waals surface area contributed by atoms with Crippen molar-refractivity contribution < 1.29 is 9.18 Å². The second-order valence-corrected chi connectivity index (χ2v) is 9.24. The average molecular weight is 470 g/mol. The van der Waals surface area contributed by atoms with Crippen LogP contribution in [0.4, 0.5) is 10.2 Å². The first-order chi connectivity index (χ1) is 16.9. The molecule has 2 aromatic carbocycles. The molecule has 4 aromatic rings. The number of anilines is 1. The highest BCUT2D eigenvalue weighted by Gasteiger charge is 2.25. The van der Waals surface area contributed by atoms with E-state index in [2.05, 4.69) is 23.7 Å². The van der Waals surface area contributed by atoms with Crippen molar-refractivity contribution in [3.63, 3.8) is 0 Å². The normalized spacial score (nSPS) is 14.1. The van der Waals surface area contributed by atoms with Gasteiger partial charge in [-0.05, 0) is 43.3 Å². The fourth-order valence-corrected chi connectivity index (χ4v) is 4.42. The van der Waals surface area contributed by atoms with E-state index in [1.807, 2.05) is 48.2 Å². The number of benzene rings is 2. The standard InChI is InChI=1S/C28H28FN5O/c1-18(2)27-30-19(3)16-26(32-27)33-12-14-34(15-13-33)28(35)23-17-25(20-8-10-21(29)11-9-20)31-24-7-5-4-6-22(23)24/h4-11,16-18H,12-15H2,1-3H3. The lowest BCUT2D eigenvalue weighted by molar-refractivity contribution is 0.0748. The van der Waals surface area contributed by atoms with Crippen molar-refractivity contribution in [2.75, 3.05) is 31.1 Å². The van der Waals surface area contributed by atoms with Crippen LogP contribution in [0.15, 0.2) is 60.7 Å². The molecule has 1 fully saturated rings. The number of carbonyl (C=O) groups excluding carboxylic acids is 1. The van der Waals surface area contributed by atoms with Gasteiger partial charge in [0.15, 0.2) is 0 Å². The number of carbonyl (C=O) groups is 1. The molecule has 1 aliphatic rings. The Kier molecular flexibility index (Phi) is 6.16. The van der Waals surface area contributed by atoms with Gasteiger partial charge in [0, 0.05) is 54.8 Å². The van der Waals surface area contributed by atoms with Crippen molar-refractivity contribution in [1.29, 1.82) is 0 Å². The topological polar surface area (TPSA) is 62.2 Å². The Labute approximate surface area is 204 Å². The van der Waals surface area contributed by atoms with Crippen LogP contribution in [-0.4, -0.2) is 51.9 Å². The summed E-state index contributed by atoms with van der Waals surface area (Å²) in [6, 6.07) is 17.7. The van der Waals surface area contributed by atoms with E-state index < -0.39 is 0 Å². The van der Waals surface area contributed by atoms with Gasteiger partial charge in [-0.3, -0.25) is 4.79 Å². The molecule has 2 aromatic heterocycles. The molecule has 35 heavy (non-hydrogen) atoms. The van der Waals surface area contributed by atoms with Crippen LogP contribution >= 0.6 is 0 Å². The summed E-state index contributed by atoms with van der Waals surface area (Å²) >= 11 is 0. The first-order valence-corrected chi connectivity index (χ1v) is 11.9. The van der Waals surface area contributed by atoms with Gasteiger partial charge in [0.2, 0.25) is 0 Å². The lowest BCUT2D eigenvalue weighted by atomic mass is 10.0. The highest BCUT2D eigenvalue weighted by molar-refractivity contribution is 6.07. The van der Waals surface area contributed by atoms with E-state index in [1.165, 1.54) is 12.1 Å². The van der Waals surface area contributed by atoms with Gasteiger partial charge >= 0.3 is 0 Å². The van der Waals surface area contributed by atoms with Gasteiger partial charge in [-0.25, -0.2) is 19.3 Å². The van der Waals surface area contributed by atoms with Gasteiger partial charge in [-0.15, -0.1) is 0 Å². The summed E-state index contributed by atoms with van der Waals surface area (Å²) in [5.74, 6) is 1.69. The molecule has 0 N–H and O–H groups in total. The first kappa shape index (κ1) is 22.9. The van der Waals surface area contributed by atoms with Gasteiger partial charge in [-0.1, -0.05) is 32.0 Å². The SMILES string of the molecule is Cc1cc(N2CCN(C(=O)c3cc(-c4ccc(F)cc4)nc4ccccc34)CC2)nc(C(C)C)n1. The summed E-state index contributed by atoms with van der Waals surface area (Å²) in [5, 5.41) is 0.818. The Morgan fingerprint density at radius 3 is 2.34 bits per heavy atom. The van der Waals surface area contributed by atoms with Gasteiger partial charge in [0.25, 0.3) is 5.91 Å². The van der Waals surface area contributed by atoms with Gasteiger partial charge in [-0.2, -0.15) is 0 Å². The maximum absolute atomic E-state index is 13.7. The maximum atomic E-state index is 13.7. The minimum atomic E-state index is -0.303. The highest BCUT2D eigenvalue weighted by atomic mass is 19.1. The third kappa shape index (κ3) is 4.71. The van der Waals surface area contributed by atoms with Crippen LogP contribution in [0.2, 0.25) is 0 Å². The Hall–Kier alpha value is -3.87. The number of amides is 1. The number of para-hydroxylation sites is 1. The molecule has 1 amide bonds. The number of rotatable bonds is 4. The second-order valence-electron chi connectivity index (χ2n) is 9.24. The predicted octanol–water partition coefficient (Wildman–Crippen LogP) is 5.23. The van der Waals surface area contributed by atoms with E-state index in [1.54, 1.807) is 12.1 Å². The number of halogens is 1. The number of fused-ring (bicyclic) bond motifs is 1. The molecule has 0 atom stereocenters. The molecule has 0 bridgehead atoms. The number of aryl methyl sites for hydroxylation is 1. The molecule has 7 heteroatoms. The Morgan fingerprint density at radius 2 is 1.63 bits per heavy atom. The van der Waals surface area contributed by atoms with E-state index in [0.29, 0.717) is 37.4 Å². The van der Waals surface area contributed by atoms with E-state index in [4.69, 9.17) is 9.97 Å². The molecule has 3 heterocycles. The van der Waals surface area contributed by atoms with Crippen LogP contribution in [-0.2, 0) is 0 Å². The summed E-state index contributed by atoms with van der Waals surface area (Å²) in [6.07, 6.45) is 0. The molecule has 0 saturated carbocycles. The van der Waals surface area contributed by atoms with E-state index in [0.717, 1.165) is 33.8 Å². The number of pyridine rings is 1. The lowest BCUT2D eigenvalue weighted by Gasteiger charge is -2.36. The monoisotopic (exact) mass is 469 g/mol. The largest absolute Gasteiger partial charge is 0.353 e. The molecule has 0 aliphatic carbocycles. The van der Waals surface area contributed by atoms with E-state index in [9.17, 15) is 9.18 Å². The van der Waals surface area contributed by atoms with E-state index in [-0.39, 0.29) is 17.6 Å². The first-order valence-electron chi connectivity index (χ1n) is 11.9. The van der Waals surface area contributed by atoms with Crippen molar-refractivity contribution in [2.45, 2.75) is 26.7 Å². The van der Waals surface area contributed by atoms with Crippen molar-refractivity contribution in [3.05, 3.63) is 83.6 Å². The number of hydrogen-bond acceptors (Lipinski definition) is 5. The maximum Gasteiger partial charge on any atom is 0.254 e. The zero-order chi connectivity index (χ0) is 24.5. The molecule has 1 saturated heterocycles. The van der Waals surface area contributed by atoms with Crippen LogP contribution in [0.3, 0.4) is 0 Å². The minimum Gasteiger partial charge on any atom is -0.353 e. The van der Waals surface area contributed by atoms with E-state index >= 15 is 0 Å². The molecule has 0 unspecified atom stereocenters. The third-order valence-corrected chi connectivity index (χ3v) is 6.35. The Bertz CT molecular complexity index is 1380. The van der Waals surface area contributed by atoms with Gasteiger partial charge in [0.05, 0.1) is 16.8 Å². The molecular weight excluding hydrogens is 441 g/mol. The summed E-state index contributed by atoms with van der Waals surface area (Å²) in [6.45, 7) is 8.77. The fraction of sp³-hybridized carbons (Fsp3) is 0.286. The minimum absolute atomic E-state index is 0.0200. The summed E-state index contributed by atoms with van der Waals surface area (Å²) < 4.78 is 13.5. The smallest absolute Gasteiger partial charge is 0.254 e. The molecule has 5 rings (SSSR count). The number of aromatic nitrogens is 3. The fourth-order valence-electron chi connectivity index (χ4n) is 4.42. The Morgan fingerprint density at radius 1 is 0.914 bits per heavy atom. The molecule has 1 aliphatic heterocycles. The number of hydrogen-bond donors (Lipinski definition) is 0. The third-order valence-electron chi connectivity index (χ3n) is 6.35. The van der Waals surface area contributed by atoms with Crippen LogP contribution < -0.4 is 4.90 Å². The number of nitrogens with zero attached hydrogens (tertiary/aromatic N) is 5. The highest BCUT2D eigenvalue weighted by Crippen LogP contribution is 2.27. The molecule has 178 valence electrons. The summed E-state index contributed by atoms with van der Waals surface area (Å²) in [7, 11) is 0. The zero-order valence-electron chi connectivity index (χ0n) is 20.2. The van der Waals surface area contributed by atoms with Gasteiger partial charge < -0.3 is 9.80 Å². The summed E-state index contributed by atoms with van der Waals surface area (Å²) in [5.41, 5.74) is 3.74. The Balaban J connectivity index is 1.41. The predicted molar refractivity (Wildman–Crippen MR) is 136 cm³/mol. The molecule has 0 radical (unpaired) electrons. The van der Waals surface area contributed by atoms with Crippen LogP contribution in [0.25, 0.3) is 22.2 Å². The van der Waals surface area contributed by atoms with Crippen molar-refractivity contribution in [2.24, 2.45) is 0 Å². The van der Waals surface area contributed by atoms with Crippen molar-refractivity contribution in [3.8, 4) is 11.3 Å². The van der Waals surface area contributed by atoms with Crippen LogP contribution in [0, 0.1) is 12.7 Å². The zero-order valence-corrected chi connectivity index (χ0v) is 20.2. The second kappa shape index (κ2) is 9.41. The molecular formula is C28H28FN5O. The average Bonchev–Trinajstić information content (AvgIpc) is 2.88. The molecule has 6 nitrogen and oxygen atoms in total. The van der Waals surface area contributed by atoms with Crippen molar-refractivity contribution in [1.82, 2.24) is 19.9 Å². The summed E-state index contributed by atoms with van der Waals surface area (Å²) in [4.78, 5) is 31.8. The lowest BCUT2D eigenvalue weighted by Crippen LogP contribution is -2.49. The molecule has 0 spiro atoms. The van der Waals surface area contributed by atoms with Crippen LogP contribution in [0.5, 0.6) is 0 Å².